The standard InChI is InChI=1S/C12H15N3S/c1-13-12-8-10(5-6-14-12)15(2)9-11-4-3-7-16-11/h3-8H,9H2,1-2H3,(H,13,14). The summed E-state index contributed by atoms with van der Waals surface area (Å²) in [5.74, 6) is 0.899. The molecule has 4 heteroatoms. The molecule has 0 aliphatic heterocycles. The van der Waals surface area contributed by atoms with E-state index in [1.54, 1.807) is 11.3 Å². The Labute approximate surface area is 99.8 Å². The summed E-state index contributed by atoms with van der Waals surface area (Å²) in [7, 11) is 3.97. The van der Waals surface area contributed by atoms with Crippen LogP contribution in [0.3, 0.4) is 0 Å². The van der Waals surface area contributed by atoms with Gasteiger partial charge in [0.15, 0.2) is 0 Å². The Hall–Kier alpha value is -1.55. The fourth-order valence-electron chi connectivity index (χ4n) is 1.52. The molecule has 0 aliphatic rings. The zero-order chi connectivity index (χ0) is 11.4. The summed E-state index contributed by atoms with van der Waals surface area (Å²) in [6, 6.07) is 8.31. The molecule has 2 aromatic rings. The van der Waals surface area contributed by atoms with Crippen molar-refractivity contribution < 1.29 is 0 Å². The van der Waals surface area contributed by atoms with Crippen LogP contribution in [0.25, 0.3) is 0 Å². The van der Waals surface area contributed by atoms with Crippen LogP contribution in [0.4, 0.5) is 11.5 Å². The van der Waals surface area contributed by atoms with Gasteiger partial charge in [-0.3, -0.25) is 0 Å². The van der Waals surface area contributed by atoms with Gasteiger partial charge in [0.25, 0.3) is 0 Å². The third kappa shape index (κ3) is 2.52. The maximum Gasteiger partial charge on any atom is 0.127 e. The SMILES string of the molecule is CNc1cc(N(C)Cc2cccs2)ccn1. The molecule has 3 nitrogen and oxygen atoms in total. The second-order valence-corrected chi connectivity index (χ2v) is 4.62. The van der Waals surface area contributed by atoms with E-state index in [1.165, 1.54) is 10.6 Å². The number of nitrogens with one attached hydrogen (secondary N) is 1. The van der Waals surface area contributed by atoms with E-state index in [0.29, 0.717) is 0 Å². The highest BCUT2D eigenvalue weighted by molar-refractivity contribution is 7.09. The summed E-state index contributed by atoms with van der Waals surface area (Å²) < 4.78 is 0. The minimum Gasteiger partial charge on any atom is -0.373 e. The van der Waals surface area contributed by atoms with Gasteiger partial charge in [-0.05, 0) is 17.5 Å². The molecule has 0 saturated carbocycles. The molecule has 2 heterocycles. The number of anilines is 2. The average Bonchev–Trinajstić information content (AvgIpc) is 2.82. The molecule has 0 saturated heterocycles. The van der Waals surface area contributed by atoms with Gasteiger partial charge in [0, 0.05) is 36.9 Å². The van der Waals surface area contributed by atoms with E-state index in [2.05, 4.69) is 39.8 Å². The van der Waals surface area contributed by atoms with Gasteiger partial charge in [0.2, 0.25) is 0 Å². The fraction of sp³-hybridized carbons (Fsp3) is 0.250. The molecule has 2 rings (SSSR count). The number of nitrogens with zero attached hydrogens (tertiary/aromatic N) is 2. The predicted octanol–water partition coefficient (Wildman–Crippen LogP) is 2.82. The molecule has 0 amide bonds. The molecule has 0 unspecified atom stereocenters. The van der Waals surface area contributed by atoms with Crippen LogP contribution in [-0.2, 0) is 6.54 Å². The molecular formula is C12H15N3S. The minimum absolute atomic E-state index is 0.899. The van der Waals surface area contributed by atoms with Gasteiger partial charge in [0.1, 0.15) is 5.82 Å². The second kappa shape index (κ2) is 4.99. The van der Waals surface area contributed by atoms with Crippen LogP contribution in [0.1, 0.15) is 4.88 Å². The van der Waals surface area contributed by atoms with Gasteiger partial charge in [-0.1, -0.05) is 6.07 Å². The Balaban J connectivity index is 2.11. The van der Waals surface area contributed by atoms with Crippen LogP contribution < -0.4 is 10.2 Å². The third-order valence-electron chi connectivity index (χ3n) is 2.41. The van der Waals surface area contributed by atoms with Crippen molar-refractivity contribution in [1.29, 1.82) is 0 Å². The highest BCUT2D eigenvalue weighted by Crippen LogP contribution is 2.19. The monoisotopic (exact) mass is 233 g/mol. The molecule has 0 aliphatic carbocycles. The lowest BCUT2D eigenvalue weighted by Crippen LogP contribution is -2.15. The molecular weight excluding hydrogens is 218 g/mol. The van der Waals surface area contributed by atoms with Gasteiger partial charge in [-0.2, -0.15) is 0 Å². The van der Waals surface area contributed by atoms with E-state index in [-0.39, 0.29) is 0 Å². The smallest absolute Gasteiger partial charge is 0.127 e. The minimum atomic E-state index is 0.899. The summed E-state index contributed by atoms with van der Waals surface area (Å²) >= 11 is 1.78. The van der Waals surface area contributed by atoms with Crippen molar-refractivity contribution in [2.24, 2.45) is 0 Å². The van der Waals surface area contributed by atoms with Crippen LogP contribution in [-0.4, -0.2) is 19.1 Å². The van der Waals surface area contributed by atoms with Crippen molar-refractivity contribution in [1.82, 2.24) is 4.98 Å². The van der Waals surface area contributed by atoms with E-state index in [0.717, 1.165) is 12.4 Å². The normalized spacial score (nSPS) is 10.1. The van der Waals surface area contributed by atoms with Gasteiger partial charge < -0.3 is 10.2 Å². The molecule has 0 fully saturated rings. The topological polar surface area (TPSA) is 28.2 Å². The summed E-state index contributed by atoms with van der Waals surface area (Å²) in [5, 5.41) is 5.15. The quantitative estimate of drug-likeness (QED) is 0.880. The summed E-state index contributed by atoms with van der Waals surface area (Å²) in [6.07, 6.45) is 1.83. The Morgan fingerprint density at radius 1 is 1.44 bits per heavy atom. The lowest BCUT2D eigenvalue weighted by molar-refractivity contribution is 0.938. The molecule has 0 atom stereocenters. The first-order valence-corrected chi connectivity index (χ1v) is 6.05. The Bertz CT molecular complexity index is 439. The van der Waals surface area contributed by atoms with E-state index in [9.17, 15) is 0 Å². The summed E-state index contributed by atoms with van der Waals surface area (Å²) in [4.78, 5) is 7.78. The lowest BCUT2D eigenvalue weighted by Gasteiger charge is -2.18. The van der Waals surface area contributed by atoms with Crippen LogP contribution in [0.15, 0.2) is 35.8 Å². The number of hydrogen-bond acceptors (Lipinski definition) is 4. The average molecular weight is 233 g/mol. The van der Waals surface area contributed by atoms with Crippen LogP contribution >= 0.6 is 11.3 Å². The van der Waals surface area contributed by atoms with Crippen LogP contribution in [0.2, 0.25) is 0 Å². The second-order valence-electron chi connectivity index (χ2n) is 3.58. The largest absolute Gasteiger partial charge is 0.373 e. The highest BCUT2D eigenvalue weighted by Gasteiger charge is 2.03. The number of rotatable bonds is 4. The lowest BCUT2D eigenvalue weighted by atomic mass is 10.3. The zero-order valence-corrected chi connectivity index (χ0v) is 10.3. The number of aromatic nitrogens is 1. The molecule has 0 aromatic carbocycles. The summed E-state index contributed by atoms with van der Waals surface area (Å²) in [5.41, 5.74) is 1.17. The van der Waals surface area contributed by atoms with Crippen LogP contribution in [0, 0.1) is 0 Å². The predicted molar refractivity (Wildman–Crippen MR) is 70.2 cm³/mol. The van der Waals surface area contributed by atoms with Crippen LogP contribution in [0.5, 0.6) is 0 Å². The van der Waals surface area contributed by atoms with Crippen molar-refractivity contribution in [3.63, 3.8) is 0 Å². The maximum absolute atomic E-state index is 4.20. The number of thiophene rings is 1. The van der Waals surface area contributed by atoms with Crippen molar-refractivity contribution in [3.8, 4) is 0 Å². The Kier molecular flexibility index (Phi) is 3.41. The van der Waals surface area contributed by atoms with Crippen molar-refractivity contribution in [2.75, 3.05) is 24.3 Å². The van der Waals surface area contributed by atoms with Gasteiger partial charge >= 0.3 is 0 Å². The highest BCUT2D eigenvalue weighted by atomic mass is 32.1. The van der Waals surface area contributed by atoms with E-state index >= 15 is 0 Å². The number of hydrogen-bond donors (Lipinski definition) is 1. The Morgan fingerprint density at radius 3 is 3.00 bits per heavy atom. The summed E-state index contributed by atoms with van der Waals surface area (Å²) in [6.45, 7) is 0.935. The first-order chi connectivity index (χ1) is 7.79. The maximum atomic E-state index is 4.20. The molecule has 1 N–H and O–H groups in total. The van der Waals surface area contributed by atoms with E-state index < -0.39 is 0 Å². The first kappa shape index (κ1) is 11.0. The van der Waals surface area contributed by atoms with Crippen molar-refractivity contribution >= 4 is 22.8 Å². The fourth-order valence-corrected chi connectivity index (χ4v) is 2.28. The van der Waals surface area contributed by atoms with Gasteiger partial charge in [-0.15, -0.1) is 11.3 Å². The zero-order valence-electron chi connectivity index (χ0n) is 9.47. The number of pyridine rings is 1. The van der Waals surface area contributed by atoms with E-state index in [1.807, 2.05) is 25.4 Å². The molecule has 2 aromatic heterocycles. The molecule has 0 bridgehead atoms. The van der Waals surface area contributed by atoms with Crippen molar-refractivity contribution in [2.45, 2.75) is 6.54 Å². The first-order valence-electron chi connectivity index (χ1n) is 5.17. The third-order valence-corrected chi connectivity index (χ3v) is 3.27. The molecule has 16 heavy (non-hydrogen) atoms. The van der Waals surface area contributed by atoms with Crippen molar-refractivity contribution in [3.05, 3.63) is 40.7 Å². The molecule has 0 spiro atoms. The van der Waals surface area contributed by atoms with Gasteiger partial charge in [-0.25, -0.2) is 4.98 Å². The van der Waals surface area contributed by atoms with E-state index in [4.69, 9.17) is 0 Å². The Morgan fingerprint density at radius 2 is 2.31 bits per heavy atom. The molecule has 84 valence electrons. The molecule has 0 radical (unpaired) electrons. The van der Waals surface area contributed by atoms with Gasteiger partial charge in [0.05, 0.1) is 6.54 Å².